The second kappa shape index (κ2) is 5.84. The molecule has 5 heteroatoms. The minimum atomic E-state index is -0.0648. The first kappa shape index (κ1) is 14.0. The topological polar surface area (TPSA) is 56.8 Å². The molecule has 0 saturated carbocycles. The Morgan fingerprint density at radius 3 is 2.81 bits per heavy atom. The molecular formula is C16H21NO4. The number of hydrogen-bond donors (Lipinski definition) is 1. The Balaban J connectivity index is 1.61. The third-order valence-electron chi connectivity index (χ3n) is 3.71. The highest BCUT2D eigenvalue weighted by atomic mass is 16.7. The number of hydrogen-bond acceptors (Lipinski definition) is 4. The molecule has 0 saturated heterocycles. The zero-order valence-electron chi connectivity index (χ0n) is 12.5. The molecule has 5 nitrogen and oxygen atoms in total. The zero-order chi connectivity index (χ0) is 14.8. The van der Waals surface area contributed by atoms with Crippen LogP contribution < -0.4 is 19.5 Å². The molecule has 0 bridgehead atoms. The van der Waals surface area contributed by atoms with Crippen molar-refractivity contribution in [2.75, 3.05) is 13.3 Å². The second-order valence-electron chi connectivity index (χ2n) is 5.99. The number of amides is 1. The van der Waals surface area contributed by atoms with Gasteiger partial charge in [0.1, 0.15) is 11.9 Å². The van der Waals surface area contributed by atoms with Gasteiger partial charge in [0, 0.05) is 12.6 Å². The molecule has 0 unspecified atom stereocenters. The van der Waals surface area contributed by atoms with E-state index in [1.54, 1.807) is 0 Å². The van der Waals surface area contributed by atoms with Crippen LogP contribution in [0.3, 0.4) is 0 Å². The number of rotatable bonds is 4. The van der Waals surface area contributed by atoms with E-state index in [4.69, 9.17) is 14.2 Å². The van der Waals surface area contributed by atoms with Crippen LogP contribution in [0.15, 0.2) is 12.1 Å². The Hall–Kier alpha value is -1.91. The summed E-state index contributed by atoms with van der Waals surface area (Å²) < 4.78 is 16.7. The third kappa shape index (κ3) is 3.23. The maximum absolute atomic E-state index is 11.9. The van der Waals surface area contributed by atoms with Gasteiger partial charge in [-0.2, -0.15) is 0 Å². The molecule has 2 heterocycles. The first-order valence-corrected chi connectivity index (χ1v) is 7.47. The smallest absolute Gasteiger partial charge is 0.231 e. The SMILES string of the molecule is CC(C)CNC(=O)C[C@H]1CCc2cc3c(cc2O1)OCO3. The fourth-order valence-corrected chi connectivity index (χ4v) is 2.57. The number of nitrogens with one attached hydrogen (secondary N) is 1. The van der Waals surface area contributed by atoms with Gasteiger partial charge >= 0.3 is 0 Å². The predicted octanol–water partition coefficient (Wildman–Crippen LogP) is 2.27. The Kier molecular flexibility index (Phi) is 3.90. The number of carbonyl (C=O) groups is 1. The van der Waals surface area contributed by atoms with Crippen LogP contribution in [-0.2, 0) is 11.2 Å². The lowest BCUT2D eigenvalue weighted by atomic mass is 9.99. The lowest BCUT2D eigenvalue weighted by molar-refractivity contribution is -0.123. The molecule has 2 aliphatic rings. The van der Waals surface area contributed by atoms with Crippen molar-refractivity contribution in [3.8, 4) is 17.2 Å². The quantitative estimate of drug-likeness (QED) is 0.924. The number of ether oxygens (including phenoxy) is 3. The molecule has 1 amide bonds. The predicted molar refractivity (Wildman–Crippen MR) is 77.8 cm³/mol. The van der Waals surface area contributed by atoms with Crippen molar-refractivity contribution in [2.24, 2.45) is 5.92 Å². The third-order valence-corrected chi connectivity index (χ3v) is 3.71. The molecule has 1 N–H and O–H groups in total. The minimum Gasteiger partial charge on any atom is -0.489 e. The summed E-state index contributed by atoms with van der Waals surface area (Å²) in [6.45, 7) is 5.13. The highest BCUT2D eigenvalue weighted by Crippen LogP contribution is 2.41. The molecule has 1 aromatic carbocycles. The Morgan fingerprint density at radius 2 is 2.05 bits per heavy atom. The molecule has 0 spiro atoms. The van der Waals surface area contributed by atoms with Gasteiger partial charge in [0.15, 0.2) is 11.5 Å². The van der Waals surface area contributed by atoms with Crippen LogP contribution >= 0.6 is 0 Å². The van der Waals surface area contributed by atoms with Gasteiger partial charge in [0.05, 0.1) is 6.42 Å². The summed E-state index contributed by atoms with van der Waals surface area (Å²) >= 11 is 0. The first-order valence-electron chi connectivity index (χ1n) is 7.47. The highest BCUT2D eigenvalue weighted by molar-refractivity contribution is 5.76. The molecule has 21 heavy (non-hydrogen) atoms. The average Bonchev–Trinajstić information content (AvgIpc) is 2.89. The van der Waals surface area contributed by atoms with Gasteiger partial charge in [-0.15, -0.1) is 0 Å². The summed E-state index contributed by atoms with van der Waals surface area (Å²) in [5.41, 5.74) is 1.12. The first-order chi connectivity index (χ1) is 10.1. The fourth-order valence-electron chi connectivity index (χ4n) is 2.57. The van der Waals surface area contributed by atoms with E-state index in [2.05, 4.69) is 19.2 Å². The van der Waals surface area contributed by atoms with E-state index in [1.807, 2.05) is 12.1 Å². The van der Waals surface area contributed by atoms with Crippen molar-refractivity contribution in [3.63, 3.8) is 0 Å². The normalized spacial score (nSPS) is 19.1. The Bertz CT molecular complexity index is 541. The van der Waals surface area contributed by atoms with E-state index in [9.17, 15) is 4.79 Å². The summed E-state index contributed by atoms with van der Waals surface area (Å²) in [7, 11) is 0. The van der Waals surface area contributed by atoms with E-state index >= 15 is 0 Å². The fraction of sp³-hybridized carbons (Fsp3) is 0.562. The van der Waals surface area contributed by atoms with Crippen molar-refractivity contribution in [1.82, 2.24) is 5.32 Å². The molecule has 3 rings (SSSR count). The van der Waals surface area contributed by atoms with Gasteiger partial charge in [-0.3, -0.25) is 4.79 Å². The average molecular weight is 291 g/mol. The van der Waals surface area contributed by atoms with Gasteiger partial charge in [-0.25, -0.2) is 0 Å². The molecule has 114 valence electrons. The van der Waals surface area contributed by atoms with Gasteiger partial charge in [0.2, 0.25) is 12.7 Å². The molecule has 0 fully saturated rings. The van der Waals surface area contributed by atoms with Crippen LogP contribution in [0.4, 0.5) is 0 Å². The van der Waals surface area contributed by atoms with Gasteiger partial charge in [0.25, 0.3) is 0 Å². The number of fused-ring (bicyclic) bond motifs is 2. The molecule has 0 aliphatic carbocycles. The standard InChI is InChI=1S/C16H21NO4/c1-10(2)8-17-16(18)6-12-4-3-11-5-14-15(20-9-19-14)7-13(11)21-12/h5,7,10,12H,3-4,6,8-9H2,1-2H3,(H,17,18)/t12-/m1/s1. The summed E-state index contributed by atoms with van der Waals surface area (Å²) in [6.07, 6.45) is 2.08. The van der Waals surface area contributed by atoms with Crippen LogP contribution in [-0.4, -0.2) is 25.3 Å². The largest absolute Gasteiger partial charge is 0.489 e. The van der Waals surface area contributed by atoms with Crippen LogP contribution in [0, 0.1) is 5.92 Å². The van der Waals surface area contributed by atoms with Crippen LogP contribution in [0.2, 0.25) is 0 Å². The van der Waals surface area contributed by atoms with Crippen LogP contribution in [0.25, 0.3) is 0 Å². The summed E-state index contributed by atoms with van der Waals surface area (Å²) in [6, 6.07) is 3.85. The molecular weight excluding hydrogens is 270 g/mol. The zero-order valence-corrected chi connectivity index (χ0v) is 12.5. The van der Waals surface area contributed by atoms with Crippen molar-refractivity contribution in [2.45, 2.75) is 39.2 Å². The van der Waals surface area contributed by atoms with E-state index in [-0.39, 0.29) is 18.8 Å². The molecule has 2 aliphatic heterocycles. The molecule has 1 aromatic rings. The maximum Gasteiger partial charge on any atom is 0.231 e. The molecule has 0 aromatic heterocycles. The minimum absolute atomic E-state index is 0.0536. The highest BCUT2D eigenvalue weighted by Gasteiger charge is 2.26. The number of aryl methyl sites for hydroxylation is 1. The van der Waals surface area contributed by atoms with Gasteiger partial charge < -0.3 is 19.5 Å². The summed E-state index contributed by atoms with van der Waals surface area (Å²) in [5, 5.41) is 2.93. The summed E-state index contributed by atoms with van der Waals surface area (Å²) in [5.74, 6) is 2.83. The van der Waals surface area contributed by atoms with E-state index in [0.717, 1.165) is 35.7 Å². The second-order valence-corrected chi connectivity index (χ2v) is 5.99. The number of benzene rings is 1. The monoisotopic (exact) mass is 291 g/mol. The van der Waals surface area contributed by atoms with Crippen molar-refractivity contribution >= 4 is 5.91 Å². The lowest BCUT2D eigenvalue weighted by Crippen LogP contribution is -2.33. The van der Waals surface area contributed by atoms with E-state index < -0.39 is 0 Å². The summed E-state index contributed by atoms with van der Waals surface area (Å²) in [4.78, 5) is 11.9. The van der Waals surface area contributed by atoms with Gasteiger partial charge in [-0.05, 0) is 30.4 Å². The van der Waals surface area contributed by atoms with Crippen LogP contribution in [0.5, 0.6) is 17.2 Å². The molecule has 0 radical (unpaired) electrons. The van der Waals surface area contributed by atoms with Gasteiger partial charge in [-0.1, -0.05) is 13.8 Å². The lowest BCUT2D eigenvalue weighted by Gasteiger charge is -2.26. The van der Waals surface area contributed by atoms with E-state index in [0.29, 0.717) is 18.9 Å². The van der Waals surface area contributed by atoms with Crippen LogP contribution in [0.1, 0.15) is 32.3 Å². The maximum atomic E-state index is 11.9. The number of carbonyl (C=O) groups excluding carboxylic acids is 1. The van der Waals surface area contributed by atoms with Crippen molar-refractivity contribution in [3.05, 3.63) is 17.7 Å². The van der Waals surface area contributed by atoms with Crippen molar-refractivity contribution < 1.29 is 19.0 Å². The Labute approximate surface area is 124 Å². The van der Waals surface area contributed by atoms with E-state index in [1.165, 1.54) is 0 Å². The molecule has 1 atom stereocenters. The Morgan fingerprint density at radius 1 is 1.29 bits per heavy atom. The van der Waals surface area contributed by atoms with Crippen molar-refractivity contribution in [1.29, 1.82) is 0 Å².